The van der Waals surface area contributed by atoms with E-state index in [1.54, 1.807) is 0 Å². The van der Waals surface area contributed by atoms with Crippen molar-refractivity contribution in [3.05, 3.63) is 0 Å². The normalized spacial score (nSPS) is 24.7. The third-order valence-electron chi connectivity index (χ3n) is 2.55. The van der Waals surface area contributed by atoms with Gasteiger partial charge in [0.15, 0.2) is 0 Å². The van der Waals surface area contributed by atoms with Gasteiger partial charge in [-0.05, 0) is 24.2 Å². The van der Waals surface area contributed by atoms with Crippen LogP contribution in [0.25, 0.3) is 0 Å². The highest BCUT2D eigenvalue weighted by atomic mass is 16.5. The Morgan fingerprint density at radius 3 is 2.12 bits per heavy atom. The van der Waals surface area contributed by atoms with Gasteiger partial charge >= 0.3 is 0 Å². The first kappa shape index (κ1) is 16.9. The van der Waals surface area contributed by atoms with Gasteiger partial charge in [0.2, 0.25) is 0 Å². The zero-order valence-electron chi connectivity index (χ0n) is 12.6. The maximum atomic E-state index is 9.09. The van der Waals surface area contributed by atoms with Gasteiger partial charge in [0.25, 0.3) is 0 Å². The summed E-state index contributed by atoms with van der Waals surface area (Å²) in [4.78, 5) is 0. The maximum Gasteiger partial charge on any atom is 0.0625 e. The Balaban J connectivity index is 0.000000557. The highest BCUT2D eigenvalue weighted by Crippen LogP contribution is 2.29. The van der Waals surface area contributed by atoms with E-state index in [2.05, 4.69) is 41.5 Å². The van der Waals surface area contributed by atoms with E-state index in [0.717, 1.165) is 25.4 Å². The lowest BCUT2D eigenvalue weighted by molar-refractivity contribution is -0.0223. The second kappa shape index (κ2) is 8.10. The van der Waals surface area contributed by atoms with Gasteiger partial charge < -0.3 is 9.84 Å². The van der Waals surface area contributed by atoms with Crippen LogP contribution < -0.4 is 0 Å². The van der Waals surface area contributed by atoms with Gasteiger partial charge in [0.1, 0.15) is 0 Å². The van der Waals surface area contributed by atoms with Gasteiger partial charge in [-0.15, -0.1) is 0 Å². The average molecular weight is 244 g/mol. The second-order valence-corrected chi connectivity index (χ2v) is 7.02. The van der Waals surface area contributed by atoms with Gasteiger partial charge in [-0.1, -0.05) is 48.0 Å². The summed E-state index contributed by atoms with van der Waals surface area (Å²) in [5.74, 6) is 1.22. The molecule has 0 spiro atoms. The molecule has 0 radical (unpaired) electrons. The molecule has 1 rings (SSSR count). The molecule has 1 N–H and O–H groups in total. The first-order valence-electron chi connectivity index (χ1n) is 6.98. The van der Waals surface area contributed by atoms with Gasteiger partial charge in [-0.25, -0.2) is 0 Å². The predicted octanol–water partition coefficient (Wildman–Crippen LogP) is 3.87. The topological polar surface area (TPSA) is 29.5 Å². The van der Waals surface area contributed by atoms with Gasteiger partial charge in [-0.2, -0.15) is 0 Å². The molecule has 1 saturated carbocycles. The Morgan fingerprint density at radius 2 is 1.71 bits per heavy atom. The van der Waals surface area contributed by atoms with Crippen LogP contribution in [0, 0.1) is 17.3 Å². The van der Waals surface area contributed by atoms with E-state index in [-0.39, 0.29) is 12.0 Å². The van der Waals surface area contributed by atoms with Gasteiger partial charge in [0, 0.05) is 12.5 Å². The predicted molar refractivity (Wildman–Crippen MR) is 74.1 cm³/mol. The van der Waals surface area contributed by atoms with E-state index in [0.29, 0.717) is 12.0 Å². The Hall–Kier alpha value is -0.0800. The monoisotopic (exact) mass is 244 g/mol. The van der Waals surface area contributed by atoms with Crippen molar-refractivity contribution in [2.75, 3.05) is 13.2 Å². The molecule has 0 heterocycles. The second-order valence-electron chi connectivity index (χ2n) is 7.02. The molecule has 2 heteroatoms. The summed E-state index contributed by atoms with van der Waals surface area (Å²) < 4.78 is 5.81. The van der Waals surface area contributed by atoms with Gasteiger partial charge in [0.05, 0.1) is 12.7 Å². The molecule has 1 aliphatic rings. The maximum absolute atomic E-state index is 9.09. The molecule has 1 aliphatic carbocycles. The number of rotatable bonds is 3. The lowest BCUT2D eigenvalue weighted by Gasteiger charge is -2.24. The van der Waals surface area contributed by atoms with Crippen LogP contribution in [0.4, 0.5) is 0 Å². The summed E-state index contributed by atoms with van der Waals surface area (Å²) in [5.41, 5.74) is 0.239. The van der Waals surface area contributed by atoms with Crippen LogP contribution in [0.5, 0.6) is 0 Å². The minimum Gasteiger partial charge on any atom is -0.396 e. The molecule has 0 saturated heterocycles. The SMILES string of the molecule is CC(C)(C)COC1CCCC1CO.CC(C)C. The number of aliphatic hydroxyl groups excluding tert-OH is 1. The van der Waals surface area contributed by atoms with Crippen LogP contribution in [0.3, 0.4) is 0 Å². The Kier molecular flexibility index (Phi) is 8.06. The van der Waals surface area contributed by atoms with Crippen molar-refractivity contribution < 1.29 is 9.84 Å². The van der Waals surface area contributed by atoms with Crippen LogP contribution >= 0.6 is 0 Å². The fourth-order valence-corrected chi connectivity index (χ4v) is 1.79. The smallest absolute Gasteiger partial charge is 0.0625 e. The Labute approximate surface area is 108 Å². The largest absolute Gasteiger partial charge is 0.396 e. The molecule has 0 bridgehead atoms. The highest BCUT2D eigenvalue weighted by molar-refractivity contribution is 4.78. The number of hydrogen-bond acceptors (Lipinski definition) is 2. The summed E-state index contributed by atoms with van der Waals surface area (Å²) in [7, 11) is 0. The summed E-state index contributed by atoms with van der Waals surface area (Å²) in [6, 6.07) is 0. The lowest BCUT2D eigenvalue weighted by atomic mass is 9.98. The van der Waals surface area contributed by atoms with E-state index >= 15 is 0 Å². The first-order chi connectivity index (χ1) is 7.76. The van der Waals surface area contributed by atoms with Crippen LogP contribution in [-0.2, 0) is 4.74 Å². The zero-order chi connectivity index (χ0) is 13.5. The molecule has 17 heavy (non-hydrogen) atoms. The summed E-state index contributed by atoms with van der Waals surface area (Å²) in [6.45, 7) is 14.1. The molecule has 0 aliphatic heterocycles. The van der Waals surface area contributed by atoms with E-state index in [9.17, 15) is 0 Å². The lowest BCUT2D eigenvalue weighted by Crippen LogP contribution is -2.26. The van der Waals surface area contributed by atoms with Crippen LogP contribution in [0.2, 0.25) is 0 Å². The van der Waals surface area contributed by atoms with Crippen molar-refractivity contribution >= 4 is 0 Å². The molecule has 0 amide bonds. The van der Waals surface area contributed by atoms with E-state index < -0.39 is 0 Å². The average Bonchev–Trinajstić information content (AvgIpc) is 2.59. The van der Waals surface area contributed by atoms with Crippen molar-refractivity contribution in [3.63, 3.8) is 0 Å². The molecule has 2 nitrogen and oxygen atoms in total. The molecule has 0 aromatic heterocycles. The fraction of sp³-hybridized carbons (Fsp3) is 1.00. The first-order valence-corrected chi connectivity index (χ1v) is 6.98. The van der Waals surface area contributed by atoms with Gasteiger partial charge in [-0.3, -0.25) is 0 Å². The minimum atomic E-state index is 0.239. The summed E-state index contributed by atoms with van der Waals surface area (Å²) in [6.07, 6.45) is 3.77. The number of aliphatic hydroxyl groups is 1. The summed E-state index contributed by atoms with van der Waals surface area (Å²) >= 11 is 0. The highest BCUT2D eigenvalue weighted by Gasteiger charge is 2.28. The third-order valence-corrected chi connectivity index (χ3v) is 2.55. The molecule has 2 unspecified atom stereocenters. The fourth-order valence-electron chi connectivity index (χ4n) is 1.79. The van der Waals surface area contributed by atoms with Crippen molar-refractivity contribution in [1.82, 2.24) is 0 Å². The Bertz CT molecular complexity index is 179. The molecule has 0 aromatic rings. The van der Waals surface area contributed by atoms with Crippen LogP contribution in [0.1, 0.15) is 60.8 Å². The quantitative estimate of drug-likeness (QED) is 0.816. The van der Waals surface area contributed by atoms with Crippen molar-refractivity contribution in [1.29, 1.82) is 0 Å². The van der Waals surface area contributed by atoms with Crippen LogP contribution in [-0.4, -0.2) is 24.4 Å². The van der Waals surface area contributed by atoms with Crippen LogP contribution in [0.15, 0.2) is 0 Å². The van der Waals surface area contributed by atoms with Crippen molar-refractivity contribution in [2.24, 2.45) is 17.3 Å². The number of hydrogen-bond donors (Lipinski definition) is 1. The van der Waals surface area contributed by atoms with Crippen molar-refractivity contribution in [3.8, 4) is 0 Å². The molecular formula is C15H32O2. The van der Waals surface area contributed by atoms with E-state index in [4.69, 9.17) is 9.84 Å². The molecular weight excluding hydrogens is 212 g/mol. The molecule has 2 atom stereocenters. The van der Waals surface area contributed by atoms with Crippen molar-refractivity contribution in [2.45, 2.75) is 66.9 Å². The molecule has 1 fully saturated rings. The van der Waals surface area contributed by atoms with E-state index in [1.165, 1.54) is 6.42 Å². The third kappa shape index (κ3) is 9.61. The zero-order valence-corrected chi connectivity index (χ0v) is 12.6. The number of ether oxygens (including phenoxy) is 1. The summed E-state index contributed by atoms with van der Waals surface area (Å²) in [5, 5.41) is 9.09. The standard InChI is InChI=1S/C11H22O2.C4H10/c1-11(2,3)8-13-10-6-4-5-9(10)7-12;1-4(2)3/h9-10,12H,4-8H2,1-3H3;4H,1-3H3. The minimum absolute atomic E-state index is 0.239. The molecule has 0 aromatic carbocycles. The molecule has 104 valence electrons. The van der Waals surface area contributed by atoms with E-state index in [1.807, 2.05) is 0 Å². The Morgan fingerprint density at radius 1 is 1.18 bits per heavy atom.